The lowest BCUT2D eigenvalue weighted by atomic mass is 9.79. The van der Waals surface area contributed by atoms with Gasteiger partial charge in [0.15, 0.2) is 0 Å². The number of anilines is 2. The maximum Gasteiger partial charge on any atom is 0.328 e. The quantitative estimate of drug-likeness (QED) is 0.441. The van der Waals surface area contributed by atoms with Gasteiger partial charge in [-0.15, -0.1) is 0 Å². The van der Waals surface area contributed by atoms with Crippen molar-refractivity contribution in [2.45, 2.75) is 74.8 Å². The molecule has 3 aliphatic carbocycles. The van der Waals surface area contributed by atoms with Crippen LogP contribution in [-0.2, 0) is 39.1 Å². The first-order chi connectivity index (χ1) is 20.9. The molecule has 2 N–H and O–H groups in total. The molecule has 3 aromatic rings. The number of nitrogens with one attached hydrogen (secondary N) is 2. The highest BCUT2D eigenvalue weighted by molar-refractivity contribution is 6.08. The molecule has 9 nitrogen and oxygen atoms in total. The Kier molecular flexibility index (Phi) is 5.93. The summed E-state index contributed by atoms with van der Waals surface area (Å²) in [6, 6.07) is 16.5. The summed E-state index contributed by atoms with van der Waals surface area (Å²) in [6.45, 7) is -0.195. The molecule has 2 aliphatic heterocycles. The van der Waals surface area contributed by atoms with Gasteiger partial charge in [-0.1, -0.05) is 49.2 Å². The predicted molar refractivity (Wildman–Crippen MR) is 160 cm³/mol. The van der Waals surface area contributed by atoms with E-state index < -0.39 is 11.5 Å². The van der Waals surface area contributed by atoms with Crippen molar-refractivity contribution in [3.63, 3.8) is 0 Å². The summed E-state index contributed by atoms with van der Waals surface area (Å²) in [7, 11) is 0. The number of nitrogens with zero attached hydrogens (tertiary/aromatic N) is 3. The van der Waals surface area contributed by atoms with E-state index in [-0.39, 0.29) is 42.3 Å². The second-order valence-electron chi connectivity index (χ2n) is 12.7. The summed E-state index contributed by atoms with van der Waals surface area (Å²) >= 11 is 0. The van der Waals surface area contributed by atoms with Crippen LogP contribution in [0.15, 0.2) is 60.8 Å². The molecule has 3 heterocycles. The smallest absolute Gasteiger partial charge is 0.325 e. The Morgan fingerprint density at radius 1 is 0.953 bits per heavy atom. The molecule has 8 rings (SSSR count). The summed E-state index contributed by atoms with van der Waals surface area (Å²) in [4.78, 5) is 61.6. The van der Waals surface area contributed by atoms with Gasteiger partial charge in [0.2, 0.25) is 11.8 Å². The van der Waals surface area contributed by atoms with Gasteiger partial charge >= 0.3 is 6.03 Å². The normalized spacial score (nSPS) is 25.8. The molecule has 5 amide bonds. The van der Waals surface area contributed by atoms with E-state index in [9.17, 15) is 19.2 Å². The van der Waals surface area contributed by atoms with Crippen molar-refractivity contribution >= 4 is 35.3 Å². The monoisotopic (exact) mass is 575 g/mol. The highest BCUT2D eigenvalue weighted by atomic mass is 16.2. The van der Waals surface area contributed by atoms with Gasteiger partial charge in [0.05, 0.1) is 5.41 Å². The molecule has 1 saturated carbocycles. The maximum atomic E-state index is 13.9. The number of hydrogen-bond donors (Lipinski definition) is 2. The zero-order valence-corrected chi connectivity index (χ0v) is 23.8. The average molecular weight is 576 g/mol. The molecular formula is C34H33N5O4. The molecule has 2 aromatic carbocycles. The molecule has 2 fully saturated rings. The molecule has 0 bridgehead atoms. The Morgan fingerprint density at radius 3 is 2.63 bits per heavy atom. The van der Waals surface area contributed by atoms with Crippen molar-refractivity contribution < 1.29 is 19.2 Å². The van der Waals surface area contributed by atoms with Gasteiger partial charge in [0.25, 0.3) is 5.91 Å². The van der Waals surface area contributed by atoms with Crippen molar-refractivity contribution in [1.29, 1.82) is 0 Å². The van der Waals surface area contributed by atoms with Gasteiger partial charge in [-0.25, -0.2) is 9.78 Å². The number of urea groups is 1. The van der Waals surface area contributed by atoms with E-state index in [0.717, 1.165) is 60.8 Å². The van der Waals surface area contributed by atoms with Crippen LogP contribution in [-0.4, -0.2) is 57.2 Å². The first-order valence-corrected chi connectivity index (χ1v) is 15.3. The van der Waals surface area contributed by atoms with Gasteiger partial charge < -0.3 is 15.5 Å². The lowest BCUT2D eigenvalue weighted by Crippen LogP contribution is -2.43. The van der Waals surface area contributed by atoms with Crippen LogP contribution in [0.1, 0.15) is 65.8 Å². The van der Waals surface area contributed by atoms with E-state index in [2.05, 4.69) is 27.8 Å². The molecule has 1 spiro atoms. The van der Waals surface area contributed by atoms with Gasteiger partial charge in [-0.2, -0.15) is 0 Å². The molecule has 218 valence electrons. The molecule has 3 atom stereocenters. The number of aryl methyl sites for hydroxylation is 1. The third kappa shape index (κ3) is 4.01. The molecule has 43 heavy (non-hydrogen) atoms. The zero-order chi connectivity index (χ0) is 29.3. The summed E-state index contributed by atoms with van der Waals surface area (Å²) < 4.78 is 0. The van der Waals surface area contributed by atoms with E-state index in [0.29, 0.717) is 24.3 Å². The second-order valence-corrected chi connectivity index (χ2v) is 12.7. The van der Waals surface area contributed by atoms with Crippen LogP contribution in [0.4, 0.5) is 16.3 Å². The van der Waals surface area contributed by atoms with Crippen molar-refractivity contribution in [3.8, 4) is 0 Å². The third-order valence-corrected chi connectivity index (χ3v) is 10.3. The summed E-state index contributed by atoms with van der Waals surface area (Å²) in [6.07, 6.45) is 8.06. The van der Waals surface area contributed by atoms with Gasteiger partial charge in [-0.3, -0.25) is 19.3 Å². The standard InChI is InChI=1S/C34H33N5O4/c40-28(36-23-13-11-21-17-34(18-22(21)16-23)27-10-5-15-35-30(27)37-32(34)42)19-38-29(26-14-12-20-6-1-4-9-25(20)26)31(41)39(33(38)43)24-7-2-3-8-24/h1,4-6,9-11,13,15-16,24,26,29H,2-3,7-8,12,14,17-19H2,(H,36,40)(H,35,37,42)/t26?,29?,34-/m1/s1. The number of benzene rings is 2. The molecule has 1 saturated heterocycles. The minimum Gasteiger partial charge on any atom is -0.325 e. The lowest BCUT2D eigenvalue weighted by molar-refractivity contribution is -0.130. The molecule has 0 radical (unpaired) electrons. The summed E-state index contributed by atoms with van der Waals surface area (Å²) in [5.74, 6) is -0.0698. The van der Waals surface area contributed by atoms with E-state index in [4.69, 9.17) is 0 Å². The highest BCUT2D eigenvalue weighted by Gasteiger charge is 2.53. The van der Waals surface area contributed by atoms with Crippen LogP contribution in [0.5, 0.6) is 0 Å². The molecule has 5 aliphatic rings. The lowest BCUT2D eigenvalue weighted by Gasteiger charge is -2.26. The number of imide groups is 1. The van der Waals surface area contributed by atoms with Gasteiger partial charge in [-0.05, 0) is 79.0 Å². The number of fused-ring (bicyclic) bond motifs is 4. The number of hydrogen-bond acceptors (Lipinski definition) is 5. The van der Waals surface area contributed by atoms with Crippen molar-refractivity contribution in [3.05, 3.63) is 88.6 Å². The third-order valence-electron chi connectivity index (χ3n) is 10.3. The number of carbonyl (C=O) groups is 4. The van der Waals surface area contributed by atoms with Crippen LogP contribution < -0.4 is 10.6 Å². The number of carbonyl (C=O) groups excluding carboxylic acids is 4. The van der Waals surface area contributed by atoms with Crippen LogP contribution in [0.3, 0.4) is 0 Å². The number of aromatic nitrogens is 1. The highest BCUT2D eigenvalue weighted by Crippen LogP contribution is 2.47. The van der Waals surface area contributed by atoms with E-state index >= 15 is 0 Å². The Bertz CT molecular complexity index is 1700. The number of amides is 5. The molecule has 2 unspecified atom stereocenters. The van der Waals surface area contributed by atoms with E-state index in [1.807, 2.05) is 42.5 Å². The van der Waals surface area contributed by atoms with E-state index in [1.165, 1.54) is 15.4 Å². The van der Waals surface area contributed by atoms with Gasteiger partial charge in [0, 0.05) is 29.4 Å². The molecule has 1 aromatic heterocycles. The first kappa shape index (κ1) is 26.1. The van der Waals surface area contributed by atoms with Crippen molar-refractivity contribution in [2.75, 3.05) is 17.2 Å². The number of rotatable bonds is 5. The Labute approximate surface area is 249 Å². The van der Waals surface area contributed by atoms with E-state index in [1.54, 1.807) is 6.20 Å². The fraction of sp³-hybridized carbons (Fsp3) is 0.382. The minimum absolute atomic E-state index is 0.0495. The Balaban J connectivity index is 1.03. The van der Waals surface area contributed by atoms with Crippen LogP contribution >= 0.6 is 0 Å². The summed E-state index contributed by atoms with van der Waals surface area (Å²) in [5.41, 5.74) is 5.21. The van der Waals surface area contributed by atoms with Crippen molar-refractivity contribution in [2.24, 2.45) is 0 Å². The largest absolute Gasteiger partial charge is 0.328 e. The Morgan fingerprint density at radius 2 is 1.77 bits per heavy atom. The Hall–Kier alpha value is -4.53. The average Bonchev–Trinajstić information content (AvgIpc) is 3.82. The van der Waals surface area contributed by atoms with Gasteiger partial charge in [0.1, 0.15) is 18.4 Å². The zero-order valence-electron chi connectivity index (χ0n) is 23.8. The van der Waals surface area contributed by atoms with Crippen LogP contribution in [0.25, 0.3) is 0 Å². The fourth-order valence-electron chi connectivity index (χ4n) is 8.30. The molecular weight excluding hydrogens is 542 g/mol. The minimum atomic E-state index is -0.689. The summed E-state index contributed by atoms with van der Waals surface area (Å²) in [5, 5.41) is 5.91. The molecule has 9 heteroatoms. The topological polar surface area (TPSA) is 112 Å². The SMILES string of the molecule is O=C(CN1C(=O)N(C2CCCC2)C(=O)C1C1CCc2ccccc21)Nc1ccc2c(c1)C[C@@]1(C2)C(=O)Nc2ncccc21. The van der Waals surface area contributed by atoms with Crippen LogP contribution in [0.2, 0.25) is 0 Å². The fourth-order valence-corrected chi connectivity index (χ4v) is 8.30. The van der Waals surface area contributed by atoms with Crippen molar-refractivity contribution in [1.82, 2.24) is 14.8 Å². The number of pyridine rings is 1. The predicted octanol–water partition coefficient (Wildman–Crippen LogP) is 4.31. The first-order valence-electron chi connectivity index (χ1n) is 15.3. The second kappa shape index (κ2) is 9.76. The maximum absolute atomic E-state index is 13.9. The van der Waals surface area contributed by atoms with Crippen LogP contribution in [0, 0.1) is 0 Å².